The van der Waals surface area contributed by atoms with Crippen molar-refractivity contribution in [1.82, 2.24) is 19.6 Å². The minimum atomic E-state index is 0.325. The van der Waals surface area contributed by atoms with Crippen molar-refractivity contribution >= 4 is 0 Å². The third kappa shape index (κ3) is 4.09. The van der Waals surface area contributed by atoms with Gasteiger partial charge in [0.25, 0.3) is 0 Å². The number of rotatable bonds is 5. The zero-order valence-corrected chi connectivity index (χ0v) is 17.3. The van der Waals surface area contributed by atoms with Gasteiger partial charge in [0, 0.05) is 63.6 Å². The predicted octanol–water partition coefficient (Wildman–Crippen LogP) is 2.07. The van der Waals surface area contributed by atoms with Crippen molar-refractivity contribution in [2.45, 2.75) is 45.2 Å². The van der Waals surface area contributed by atoms with Gasteiger partial charge in [-0.25, -0.2) is 0 Å². The first-order valence-electron chi connectivity index (χ1n) is 10.6. The van der Waals surface area contributed by atoms with E-state index in [1.807, 2.05) is 18.8 Å². The van der Waals surface area contributed by atoms with Gasteiger partial charge in [-0.2, -0.15) is 5.10 Å². The molecule has 4 rings (SSSR count). The van der Waals surface area contributed by atoms with E-state index in [9.17, 15) is 0 Å². The molecule has 0 N–H and O–H groups in total. The molecular weight excluding hydrogens is 340 g/mol. The Morgan fingerprint density at radius 3 is 2.78 bits per heavy atom. The number of hydrogen-bond donors (Lipinski definition) is 0. The molecule has 27 heavy (non-hydrogen) atoms. The summed E-state index contributed by atoms with van der Waals surface area (Å²) >= 11 is 0. The standard InChI is InChI=1S/C21H36N4O2/c1-17-18(13-23(2)22-17)14-24-7-5-19-12-20(25-8-10-27-11-9-25)4-6-21(19,15-24)16-26-3/h13,19-20H,4-12,14-16H2,1-3H3/t19-,20-,21+/m1/s1. The first kappa shape index (κ1) is 19.4. The zero-order chi connectivity index (χ0) is 18.9. The van der Waals surface area contributed by atoms with Crippen LogP contribution in [0.1, 0.15) is 36.9 Å². The van der Waals surface area contributed by atoms with E-state index < -0.39 is 0 Å². The van der Waals surface area contributed by atoms with Crippen molar-refractivity contribution < 1.29 is 9.47 Å². The van der Waals surface area contributed by atoms with Crippen LogP contribution in [0.25, 0.3) is 0 Å². The van der Waals surface area contributed by atoms with Crippen LogP contribution in [0.2, 0.25) is 0 Å². The van der Waals surface area contributed by atoms with E-state index >= 15 is 0 Å². The smallest absolute Gasteiger partial charge is 0.0638 e. The predicted molar refractivity (Wildman–Crippen MR) is 106 cm³/mol. The summed E-state index contributed by atoms with van der Waals surface area (Å²) in [7, 11) is 3.89. The van der Waals surface area contributed by atoms with E-state index in [-0.39, 0.29) is 0 Å². The summed E-state index contributed by atoms with van der Waals surface area (Å²) in [6, 6.07) is 0.746. The van der Waals surface area contributed by atoms with Crippen LogP contribution in [-0.4, -0.2) is 78.7 Å². The quantitative estimate of drug-likeness (QED) is 0.787. The number of ether oxygens (including phenoxy) is 2. The lowest BCUT2D eigenvalue weighted by atomic mass is 9.61. The van der Waals surface area contributed by atoms with Crippen molar-refractivity contribution in [1.29, 1.82) is 0 Å². The first-order chi connectivity index (χ1) is 13.1. The Bertz CT molecular complexity index is 628. The second-order valence-electron chi connectivity index (χ2n) is 8.98. The molecule has 3 fully saturated rings. The average molecular weight is 377 g/mol. The van der Waals surface area contributed by atoms with E-state index in [1.54, 1.807) is 0 Å². The summed E-state index contributed by atoms with van der Waals surface area (Å²) in [4.78, 5) is 5.33. The molecule has 0 radical (unpaired) electrons. The van der Waals surface area contributed by atoms with Gasteiger partial charge in [-0.15, -0.1) is 0 Å². The fourth-order valence-electron chi connectivity index (χ4n) is 5.83. The zero-order valence-electron chi connectivity index (χ0n) is 17.3. The van der Waals surface area contributed by atoms with Gasteiger partial charge in [0.2, 0.25) is 0 Å². The van der Waals surface area contributed by atoms with Crippen molar-refractivity contribution in [3.63, 3.8) is 0 Å². The highest BCUT2D eigenvalue weighted by Gasteiger charge is 2.47. The van der Waals surface area contributed by atoms with Crippen LogP contribution in [0.5, 0.6) is 0 Å². The van der Waals surface area contributed by atoms with Crippen LogP contribution >= 0.6 is 0 Å². The molecule has 2 aliphatic heterocycles. The van der Waals surface area contributed by atoms with E-state index in [0.29, 0.717) is 5.41 Å². The van der Waals surface area contributed by atoms with Crippen molar-refractivity contribution in [2.75, 3.05) is 53.1 Å². The number of piperidine rings is 1. The molecule has 1 saturated carbocycles. The number of morpholine rings is 1. The Kier molecular flexibility index (Phi) is 5.88. The number of aryl methyl sites for hydroxylation is 2. The molecule has 3 aliphatic rings. The van der Waals surface area contributed by atoms with Crippen LogP contribution in [-0.2, 0) is 23.1 Å². The molecule has 3 heterocycles. The number of aromatic nitrogens is 2. The lowest BCUT2D eigenvalue weighted by Gasteiger charge is -2.54. The van der Waals surface area contributed by atoms with E-state index in [1.165, 1.54) is 37.8 Å². The SMILES string of the molecule is COC[C@@]12CC[C@@H](N3CCOCC3)C[C@H]1CCN(Cc1cn(C)nc1C)C2. The summed E-state index contributed by atoms with van der Waals surface area (Å²) in [5.74, 6) is 0.783. The van der Waals surface area contributed by atoms with Gasteiger partial charge in [0.05, 0.1) is 25.5 Å². The van der Waals surface area contributed by atoms with Crippen LogP contribution in [0, 0.1) is 18.3 Å². The molecule has 6 heteroatoms. The van der Waals surface area contributed by atoms with Gasteiger partial charge in [-0.05, 0) is 45.1 Å². The second-order valence-corrected chi connectivity index (χ2v) is 8.98. The number of fused-ring (bicyclic) bond motifs is 1. The van der Waals surface area contributed by atoms with Gasteiger partial charge in [0.1, 0.15) is 0 Å². The topological polar surface area (TPSA) is 42.8 Å². The van der Waals surface area contributed by atoms with Gasteiger partial charge in [-0.1, -0.05) is 0 Å². The third-order valence-corrected chi connectivity index (χ3v) is 7.23. The molecule has 0 spiro atoms. The van der Waals surface area contributed by atoms with Gasteiger partial charge >= 0.3 is 0 Å². The summed E-state index contributed by atoms with van der Waals surface area (Å²) in [6.45, 7) is 10.4. The van der Waals surface area contributed by atoms with Crippen LogP contribution in [0.3, 0.4) is 0 Å². The third-order valence-electron chi connectivity index (χ3n) is 7.23. The van der Waals surface area contributed by atoms with Crippen LogP contribution in [0.4, 0.5) is 0 Å². The maximum atomic E-state index is 5.77. The fraction of sp³-hybridized carbons (Fsp3) is 0.857. The Morgan fingerprint density at radius 1 is 1.26 bits per heavy atom. The van der Waals surface area contributed by atoms with E-state index in [4.69, 9.17) is 9.47 Å². The minimum Gasteiger partial charge on any atom is -0.384 e. The van der Waals surface area contributed by atoms with Gasteiger partial charge in [-0.3, -0.25) is 14.5 Å². The van der Waals surface area contributed by atoms with Crippen molar-refractivity contribution in [3.8, 4) is 0 Å². The largest absolute Gasteiger partial charge is 0.384 e. The number of methoxy groups -OCH3 is 1. The molecular formula is C21H36N4O2. The molecule has 6 nitrogen and oxygen atoms in total. The molecule has 2 saturated heterocycles. The summed E-state index contributed by atoms with van der Waals surface area (Å²) in [5.41, 5.74) is 2.85. The number of hydrogen-bond acceptors (Lipinski definition) is 5. The molecule has 1 aliphatic carbocycles. The lowest BCUT2D eigenvalue weighted by Crippen LogP contribution is -2.56. The minimum absolute atomic E-state index is 0.325. The lowest BCUT2D eigenvalue weighted by molar-refractivity contribution is -0.0871. The second kappa shape index (κ2) is 8.19. The van der Waals surface area contributed by atoms with Gasteiger partial charge < -0.3 is 9.47 Å². The van der Waals surface area contributed by atoms with Crippen LogP contribution < -0.4 is 0 Å². The summed E-state index contributed by atoms with van der Waals surface area (Å²) < 4.78 is 13.3. The summed E-state index contributed by atoms with van der Waals surface area (Å²) in [5, 5.41) is 4.52. The van der Waals surface area contributed by atoms with Crippen molar-refractivity contribution in [3.05, 3.63) is 17.5 Å². The van der Waals surface area contributed by atoms with Crippen LogP contribution in [0.15, 0.2) is 6.20 Å². The Labute approximate surface area is 163 Å². The Morgan fingerprint density at radius 2 is 2.07 bits per heavy atom. The maximum absolute atomic E-state index is 5.77. The van der Waals surface area contributed by atoms with E-state index in [0.717, 1.165) is 63.7 Å². The number of nitrogens with zero attached hydrogens (tertiary/aromatic N) is 4. The van der Waals surface area contributed by atoms with Gasteiger partial charge in [0.15, 0.2) is 0 Å². The monoisotopic (exact) mass is 376 g/mol. The Hall–Kier alpha value is -0.950. The number of likely N-dealkylation sites (tertiary alicyclic amines) is 1. The highest BCUT2D eigenvalue weighted by atomic mass is 16.5. The van der Waals surface area contributed by atoms with E-state index in [2.05, 4.69) is 28.0 Å². The molecule has 0 bridgehead atoms. The average Bonchev–Trinajstić information content (AvgIpc) is 2.99. The molecule has 0 aromatic carbocycles. The maximum Gasteiger partial charge on any atom is 0.0638 e. The normalized spacial score (nSPS) is 33.1. The Balaban J connectivity index is 1.43. The molecule has 1 aromatic rings. The highest BCUT2D eigenvalue weighted by molar-refractivity contribution is 5.15. The molecule has 152 valence electrons. The first-order valence-corrected chi connectivity index (χ1v) is 10.6. The fourth-order valence-corrected chi connectivity index (χ4v) is 5.83. The summed E-state index contributed by atoms with van der Waals surface area (Å²) in [6.07, 6.45) is 7.40. The molecule has 3 atom stereocenters. The molecule has 0 amide bonds. The molecule has 1 aromatic heterocycles. The molecule has 0 unspecified atom stereocenters. The van der Waals surface area contributed by atoms with Crippen molar-refractivity contribution in [2.24, 2.45) is 18.4 Å². The highest BCUT2D eigenvalue weighted by Crippen LogP contribution is 2.48.